The number of hydrogen-bond acceptors (Lipinski definition) is 4. The van der Waals surface area contributed by atoms with Crippen LogP contribution >= 0.6 is 0 Å². The van der Waals surface area contributed by atoms with E-state index in [1.165, 1.54) is 0 Å². The second-order valence-corrected chi connectivity index (χ2v) is 2.01. The molecule has 0 aromatic rings. The highest BCUT2D eigenvalue weighted by Gasteiger charge is 1.92. The first-order valence-corrected chi connectivity index (χ1v) is 3.83. The molecule has 0 spiro atoms. The molecule has 1 aliphatic rings. The number of halogens is 3. The maximum absolute atomic E-state index is 8.56. The Morgan fingerprint density at radius 3 is 1.62 bits per heavy atom. The van der Waals surface area contributed by atoms with Crippen LogP contribution in [0.25, 0.3) is 0 Å². The molecule has 1 aliphatic heterocycles. The monoisotopic (exact) mass is 225 g/mol. The Kier molecular flexibility index (Phi) is 31.4. The fraction of sp³-hybridized carbons (Fsp3) is 1.00. The lowest BCUT2D eigenvalue weighted by atomic mass is 10.5. The summed E-state index contributed by atoms with van der Waals surface area (Å²) >= 11 is -2.86. The predicted octanol–water partition coefficient (Wildman–Crippen LogP) is -10.0. The van der Waals surface area contributed by atoms with Gasteiger partial charge < -0.3 is 33.3 Å². The molecule has 9 heteroatoms. The topological polar surface area (TPSA) is 81.6 Å². The van der Waals surface area contributed by atoms with Crippen molar-refractivity contribution in [3.05, 3.63) is 0 Å². The van der Waals surface area contributed by atoms with Crippen LogP contribution in [0, 0.1) is 0 Å². The van der Waals surface area contributed by atoms with Crippen molar-refractivity contribution in [2.24, 2.45) is 0 Å². The molecular weight excluding hydrogens is 215 g/mol. The molecule has 86 valence electrons. The van der Waals surface area contributed by atoms with Crippen molar-refractivity contribution in [2.45, 2.75) is 0 Å². The number of ether oxygens (including phenoxy) is 1. The lowest BCUT2D eigenvalue weighted by molar-refractivity contribution is -0.001000. The molecule has 2 N–H and O–H groups in total. The van der Waals surface area contributed by atoms with Crippen molar-refractivity contribution in [3.8, 4) is 0 Å². The summed E-state index contributed by atoms with van der Waals surface area (Å²) in [5.41, 5.74) is 0. The van der Waals surface area contributed by atoms with Crippen molar-refractivity contribution in [3.63, 3.8) is 0 Å². The first-order valence-electron chi connectivity index (χ1n) is 2.80. The maximum atomic E-state index is 8.56. The largest absolute Gasteiger partial charge is 1.00 e. The lowest BCUT2D eigenvalue weighted by Gasteiger charge is -2.10. The number of rotatable bonds is 0. The van der Waals surface area contributed by atoms with Gasteiger partial charge in [0.05, 0.1) is 24.6 Å². The average molecular weight is 225 g/mol. The maximum Gasteiger partial charge on any atom is 0.0814 e. The van der Waals surface area contributed by atoms with Gasteiger partial charge in [0.15, 0.2) is 0 Å². The Labute approximate surface area is 76.1 Å². The van der Waals surface area contributed by atoms with E-state index < -0.39 is 11.4 Å². The van der Waals surface area contributed by atoms with Crippen molar-refractivity contribution in [2.75, 3.05) is 26.3 Å². The average Bonchev–Trinajstić information content (AvgIpc) is 1.90. The van der Waals surface area contributed by atoms with Crippen LogP contribution in [0.1, 0.15) is 0 Å². The Morgan fingerprint density at radius 2 is 1.54 bits per heavy atom. The van der Waals surface area contributed by atoms with Gasteiger partial charge in [-0.2, -0.15) is 0 Å². The molecule has 0 aliphatic carbocycles. The summed E-state index contributed by atoms with van der Waals surface area (Å²) in [6, 6.07) is 0. The third-order valence-corrected chi connectivity index (χ3v) is 0.846. The standard InChI is InChI=1S/C4H9NO.3FH.H2O3S/c1-3-6-4-2-5-1;;;;1-4(2)3/h5H,1-4H2;3*1H;(H2,1,2,3)/p-4. The van der Waals surface area contributed by atoms with E-state index in [1.807, 2.05) is 0 Å². The van der Waals surface area contributed by atoms with Crippen LogP contribution in [0.2, 0.25) is 0 Å². The molecule has 1 saturated heterocycles. The van der Waals surface area contributed by atoms with E-state index in [1.54, 1.807) is 0 Å². The van der Waals surface area contributed by atoms with E-state index in [0.717, 1.165) is 26.3 Å². The fourth-order valence-corrected chi connectivity index (χ4v) is 0.516. The van der Waals surface area contributed by atoms with Gasteiger partial charge in [-0.15, -0.1) is 0 Å². The van der Waals surface area contributed by atoms with Crippen LogP contribution in [0.3, 0.4) is 0 Å². The van der Waals surface area contributed by atoms with Crippen molar-refractivity contribution in [1.82, 2.24) is 5.32 Å². The summed E-state index contributed by atoms with van der Waals surface area (Å²) in [5, 5.41) is 3.16. The molecule has 0 bridgehead atoms. The first-order chi connectivity index (χ1) is 4.73. The Bertz CT molecular complexity index is 89.9. The van der Waals surface area contributed by atoms with Gasteiger partial charge in [0.2, 0.25) is 0 Å². The fourth-order valence-electron chi connectivity index (χ4n) is 0.516. The molecule has 0 amide bonds. The van der Waals surface area contributed by atoms with Crippen LogP contribution < -0.4 is 19.4 Å². The molecule has 1 fully saturated rings. The van der Waals surface area contributed by atoms with Crippen LogP contribution in [0.15, 0.2) is 0 Å². The Hall–Kier alpha value is -0.220. The lowest BCUT2D eigenvalue weighted by Crippen LogP contribution is -3.00. The third kappa shape index (κ3) is 33.7. The minimum atomic E-state index is -2.86. The number of nitrogens with one attached hydrogen (secondary N) is 1. The van der Waals surface area contributed by atoms with Gasteiger partial charge in [0, 0.05) is 13.1 Å². The molecule has 5 nitrogen and oxygen atoms in total. The molecule has 1 rings (SSSR count). The Balaban J connectivity index is -0.0000000536. The molecule has 13 heavy (non-hydrogen) atoms. The number of hydrogen-bond donors (Lipinski definition) is 2. The van der Waals surface area contributed by atoms with E-state index in [2.05, 4.69) is 5.32 Å². The van der Waals surface area contributed by atoms with E-state index in [-0.39, 0.29) is 14.1 Å². The zero-order valence-corrected chi connectivity index (χ0v) is 7.36. The predicted molar refractivity (Wildman–Crippen MR) is 35.2 cm³/mol. The smallest absolute Gasteiger partial charge is 0.0814 e. The van der Waals surface area contributed by atoms with Gasteiger partial charge in [0.25, 0.3) is 0 Å². The first kappa shape index (κ1) is 23.0. The van der Waals surface area contributed by atoms with Crippen molar-refractivity contribution < 1.29 is 32.2 Å². The van der Waals surface area contributed by atoms with Crippen LogP contribution in [-0.4, -0.2) is 39.6 Å². The van der Waals surface area contributed by atoms with Crippen molar-refractivity contribution in [1.29, 1.82) is 0 Å². The zero-order valence-electron chi connectivity index (χ0n) is 6.54. The molecule has 0 radical (unpaired) electrons. The summed E-state index contributed by atoms with van der Waals surface area (Å²) in [4.78, 5) is 0. The van der Waals surface area contributed by atoms with Gasteiger partial charge in [-0.1, -0.05) is 0 Å². The summed E-state index contributed by atoms with van der Waals surface area (Å²) in [7, 11) is 0. The zero-order chi connectivity index (χ0) is 7.82. The summed E-state index contributed by atoms with van der Waals surface area (Å²) in [6.07, 6.45) is 0. The van der Waals surface area contributed by atoms with Crippen molar-refractivity contribution >= 4 is 11.4 Å². The molecule has 1 heterocycles. The van der Waals surface area contributed by atoms with Gasteiger partial charge in [-0.3, -0.25) is 0 Å². The molecule has 0 aromatic heterocycles. The molecular formula is C4H10F3NO4S-4. The van der Waals surface area contributed by atoms with E-state index in [0.29, 0.717) is 0 Å². The number of morpholine rings is 1. The summed E-state index contributed by atoms with van der Waals surface area (Å²) in [6.45, 7) is 3.83. The summed E-state index contributed by atoms with van der Waals surface area (Å²) < 4.78 is 29.1. The molecule has 0 saturated carbocycles. The van der Waals surface area contributed by atoms with Crippen LogP contribution in [0.5, 0.6) is 0 Å². The normalized spacial score (nSPS) is 15.8. The molecule has 0 aromatic carbocycles. The Morgan fingerprint density at radius 1 is 1.23 bits per heavy atom. The van der Waals surface area contributed by atoms with Crippen LogP contribution in [-0.2, 0) is 16.1 Å². The second kappa shape index (κ2) is 17.8. The third-order valence-electron chi connectivity index (χ3n) is 0.846. The van der Waals surface area contributed by atoms with Crippen LogP contribution in [0.4, 0.5) is 0 Å². The SMILES string of the molecule is C1COCCN1.O=S([O-])O.[F-].[F-].[F-]. The highest BCUT2D eigenvalue weighted by Crippen LogP contribution is 1.76. The quantitative estimate of drug-likeness (QED) is 0.400. The van der Waals surface area contributed by atoms with Gasteiger partial charge in [-0.05, 0) is 0 Å². The van der Waals surface area contributed by atoms with Gasteiger partial charge in [-0.25, -0.2) is 4.21 Å². The van der Waals surface area contributed by atoms with E-state index >= 15 is 0 Å². The minimum absolute atomic E-state index is 0. The van der Waals surface area contributed by atoms with Gasteiger partial charge >= 0.3 is 0 Å². The van der Waals surface area contributed by atoms with E-state index in [4.69, 9.17) is 18.1 Å². The molecule has 1 unspecified atom stereocenters. The highest BCUT2D eigenvalue weighted by molar-refractivity contribution is 7.73. The summed E-state index contributed by atoms with van der Waals surface area (Å²) in [5.74, 6) is 0. The molecule has 1 atom stereocenters. The van der Waals surface area contributed by atoms with Gasteiger partial charge in [0.1, 0.15) is 0 Å². The highest BCUT2D eigenvalue weighted by atomic mass is 32.2. The second-order valence-electron chi connectivity index (χ2n) is 1.58. The van der Waals surface area contributed by atoms with E-state index in [9.17, 15) is 0 Å². The minimum Gasteiger partial charge on any atom is -1.00 e.